The van der Waals surface area contributed by atoms with Crippen LogP contribution >= 0.6 is 0 Å². The number of benzene rings is 2. The first-order valence-corrected chi connectivity index (χ1v) is 23.6. The molecule has 0 fully saturated rings. The van der Waals surface area contributed by atoms with Crippen LogP contribution in [0.15, 0.2) is 38.1 Å². The van der Waals surface area contributed by atoms with Crippen LogP contribution in [0.5, 0.6) is 11.5 Å². The smallest absolute Gasteiger partial charge is 0.342 e. The first-order valence-electron chi connectivity index (χ1n) is 17.0. The highest BCUT2D eigenvalue weighted by molar-refractivity contribution is 8.64. The number of aromatic nitrogens is 6. The number of aromatic amines is 3. The zero-order chi connectivity index (χ0) is 41.4. The van der Waals surface area contributed by atoms with E-state index in [9.17, 15) is 9.59 Å². The normalized spacial score (nSPS) is 10.4. The number of methoxy groups -OCH3 is 3. The third-order valence-corrected chi connectivity index (χ3v) is 15.4. The van der Waals surface area contributed by atoms with Gasteiger partial charge < -0.3 is 48.7 Å². The number of nitrogen functional groups attached to an aromatic ring is 1. The molecule has 15 nitrogen and oxygen atoms in total. The highest BCUT2D eigenvalue weighted by atomic mass is 33.3. The first kappa shape index (κ1) is 48.6. The largest absolute Gasteiger partial charge is 0.496 e. The van der Waals surface area contributed by atoms with Crippen LogP contribution in [0.25, 0.3) is 55.1 Å². The minimum Gasteiger partial charge on any atom is -0.496 e. The van der Waals surface area contributed by atoms with Crippen LogP contribution in [0.1, 0.15) is 60.9 Å². The Morgan fingerprint density at radius 3 is 1.80 bits per heavy atom. The number of anilines is 1. The summed E-state index contributed by atoms with van der Waals surface area (Å²) in [5.41, 5.74) is 13.1. The average molecular weight is 922 g/mol. The fourth-order valence-electron chi connectivity index (χ4n) is 6.35. The number of fused-ring (bicyclic) bond motifs is 4. The van der Waals surface area contributed by atoms with Crippen molar-refractivity contribution < 1.29 is 32.8 Å². The lowest BCUT2D eigenvalue weighted by molar-refractivity contribution is 0.0530. The van der Waals surface area contributed by atoms with E-state index in [0.717, 1.165) is 44.5 Å². The topological polar surface area (TPSA) is 209 Å². The van der Waals surface area contributed by atoms with Gasteiger partial charge in [0, 0.05) is 104 Å². The van der Waals surface area contributed by atoms with Crippen LogP contribution in [0.2, 0.25) is 0 Å². The van der Waals surface area contributed by atoms with Crippen LogP contribution in [0.4, 0.5) is 5.82 Å². The minimum atomic E-state index is -0.464. The molecule has 59 heavy (non-hydrogen) atoms. The second-order valence-corrected chi connectivity index (χ2v) is 19.2. The molecule has 5 N–H and O–H groups in total. The molecule has 0 amide bonds. The number of H-pyrrole nitrogens is 3. The third-order valence-electron chi connectivity index (χ3n) is 8.69. The number of nitrogens with one attached hydrogen (secondary N) is 3. The van der Waals surface area contributed by atoms with Gasteiger partial charge in [0.25, 0.3) is 5.56 Å². The van der Waals surface area contributed by atoms with Gasteiger partial charge in [-0.2, -0.15) is 0 Å². The van der Waals surface area contributed by atoms with Crippen molar-refractivity contribution >= 4 is 103 Å². The van der Waals surface area contributed by atoms with Crippen molar-refractivity contribution in [1.82, 2.24) is 30.2 Å². The lowest BCUT2D eigenvalue weighted by atomic mass is 10.0. The van der Waals surface area contributed by atoms with E-state index in [0.29, 0.717) is 69.4 Å². The summed E-state index contributed by atoms with van der Waals surface area (Å²) in [6.45, 7) is 9.96. The molecule has 5 heterocycles. The summed E-state index contributed by atoms with van der Waals surface area (Å²) in [6.07, 6.45) is 0.532. The van der Waals surface area contributed by atoms with E-state index in [1.54, 1.807) is 34.3 Å². The van der Waals surface area contributed by atoms with E-state index < -0.39 is 5.97 Å². The molecule has 0 unspecified atom stereocenters. The minimum absolute atomic E-state index is 0. The molecule has 7 aromatic rings. The second-order valence-electron chi connectivity index (χ2n) is 12.1. The Labute approximate surface area is 362 Å². The van der Waals surface area contributed by atoms with Gasteiger partial charge in [-0.15, -0.1) is 0 Å². The standard InChI is InChI=1S/C19H20N4O4.C17H19N3O4.2CH4.S6/c1-9-16(10(2)27-23-9)12-7-13-11(8-14(12)26-4)17-18(20-13)21-15(5-6-25-3)22-19(17)24;1-5-23-17(21)15-10-7-13(22-4)11(6-12(10)19-16(15)18)14-8(2)20-24-9(14)3;;;1-3-5-6-4-2/h7-8H,5-6H2,1-4H3,(H2,20,21,22,24);6-7,19H,5,18H2,1-4H3;2*1H4;. The van der Waals surface area contributed by atoms with E-state index >= 15 is 0 Å². The predicted molar refractivity (Wildman–Crippen MR) is 249 cm³/mol. The molecule has 0 radical (unpaired) electrons. The Morgan fingerprint density at radius 1 is 0.814 bits per heavy atom. The highest BCUT2D eigenvalue weighted by Crippen LogP contribution is 2.40. The Balaban J connectivity index is 0.000000271. The van der Waals surface area contributed by atoms with E-state index in [4.69, 9.17) is 33.7 Å². The maximum absolute atomic E-state index is 12.6. The van der Waals surface area contributed by atoms with Crippen molar-refractivity contribution in [2.75, 3.05) is 40.3 Å². The highest BCUT2D eigenvalue weighted by Gasteiger charge is 2.23. The number of hydrogen-bond acceptors (Lipinski definition) is 14. The van der Waals surface area contributed by atoms with Crippen LogP contribution in [0, 0.1) is 27.7 Å². The van der Waals surface area contributed by atoms with Crippen LogP contribution in [-0.2, 0) is 73.8 Å². The molecule has 0 aliphatic heterocycles. The lowest BCUT2D eigenvalue weighted by Gasteiger charge is -2.09. The third kappa shape index (κ3) is 10.5. The SMILES string of the molecule is C.C.CCOC(=O)c1c(N)[nH]c2cc(-c3c(C)noc3C)c(OC)cc12.COCCc1nc2[nH]c3cc(-c4c(C)noc4C)c(OC)cc3c2c(=O)[nH]1.S=S=S=S=S=S. The molecule has 0 atom stereocenters. The van der Waals surface area contributed by atoms with Crippen molar-refractivity contribution in [3.63, 3.8) is 0 Å². The fourth-order valence-corrected chi connectivity index (χ4v) is 11.8. The lowest BCUT2D eigenvalue weighted by Crippen LogP contribution is -2.12. The van der Waals surface area contributed by atoms with Crippen LogP contribution < -0.4 is 20.8 Å². The number of esters is 1. The van der Waals surface area contributed by atoms with Crippen molar-refractivity contribution in [3.05, 3.63) is 68.9 Å². The molecule has 2 aromatic carbocycles. The van der Waals surface area contributed by atoms with Crippen LogP contribution in [-0.4, -0.2) is 70.8 Å². The van der Waals surface area contributed by atoms with Gasteiger partial charge in [0.1, 0.15) is 45.9 Å². The zero-order valence-corrected chi connectivity index (χ0v) is 37.0. The van der Waals surface area contributed by atoms with Gasteiger partial charge in [-0.1, -0.05) is 25.2 Å². The van der Waals surface area contributed by atoms with Gasteiger partial charge in [-0.25, -0.2) is 9.78 Å². The maximum Gasteiger partial charge on any atom is 0.342 e. The van der Waals surface area contributed by atoms with E-state index in [-0.39, 0.29) is 32.8 Å². The number of ether oxygens (including phenoxy) is 4. The summed E-state index contributed by atoms with van der Waals surface area (Å²) in [5, 5.41) is 9.92. The van der Waals surface area contributed by atoms with Gasteiger partial charge in [0.15, 0.2) is 0 Å². The predicted octanol–water partition coefficient (Wildman–Crippen LogP) is 7.34. The van der Waals surface area contributed by atoms with E-state index in [1.807, 2.05) is 45.9 Å². The molecule has 0 aliphatic rings. The summed E-state index contributed by atoms with van der Waals surface area (Å²) in [5.74, 6) is 3.02. The Hall–Kier alpha value is -4.77. The number of nitrogens with zero attached hydrogens (tertiary/aromatic N) is 3. The summed E-state index contributed by atoms with van der Waals surface area (Å²) in [6, 6.07) is 7.44. The average Bonchev–Trinajstić information content (AvgIpc) is 3.93. The molecule has 0 saturated carbocycles. The molecule has 0 bridgehead atoms. The number of carbonyl (C=O) groups is 1. The molecule has 0 saturated heterocycles. The number of hydrogen-bond donors (Lipinski definition) is 4. The van der Waals surface area contributed by atoms with Crippen molar-refractivity contribution in [2.24, 2.45) is 0 Å². The molecule has 318 valence electrons. The Bertz CT molecular complexity index is 2780. The number of aryl methyl sites for hydroxylation is 4. The Morgan fingerprint density at radius 2 is 1.34 bits per heavy atom. The molecule has 0 spiro atoms. The summed E-state index contributed by atoms with van der Waals surface area (Å²) >= 11 is 9.03. The number of nitrogens with two attached hydrogens (primary N) is 1. The first-order chi connectivity index (χ1) is 27.4. The van der Waals surface area contributed by atoms with E-state index in [2.05, 4.69) is 52.6 Å². The maximum atomic E-state index is 12.6. The number of rotatable bonds is 9. The fraction of sp³-hybridized carbons (Fsp3) is 0.342. The quantitative estimate of drug-likeness (QED) is 0.105. The molecular weight excluding hydrogens is 875 g/mol. The molecule has 5 aromatic heterocycles. The van der Waals surface area contributed by atoms with Gasteiger partial charge in [0.2, 0.25) is 0 Å². The number of carbonyl (C=O) groups excluding carboxylic acids is 1. The van der Waals surface area contributed by atoms with Gasteiger partial charge >= 0.3 is 5.97 Å². The molecule has 21 heteroatoms. The summed E-state index contributed by atoms with van der Waals surface area (Å²) in [7, 11) is 10.4. The molecule has 7 rings (SSSR count). The van der Waals surface area contributed by atoms with Crippen LogP contribution in [0.3, 0.4) is 0 Å². The van der Waals surface area contributed by atoms with E-state index in [1.165, 1.54) is 35.5 Å². The van der Waals surface area contributed by atoms with Crippen molar-refractivity contribution in [2.45, 2.75) is 55.9 Å². The van der Waals surface area contributed by atoms with Crippen molar-refractivity contribution in [3.8, 4) is 33.8 Å². The van der Waals surface area contributed by atoms with Crippen molar-refractivity contribution in [1.29, 1.82) is 0 Å². The zero-order valence-electron chi connectivity index (χ0n) is 32.1. The van der Waals surface area contributed by atoms with Gasteiger partial charge in [-0.05, 0) is 58.9 Å². The van der Waals surface area contributed by atoms with Gasteiger partial charge in [-0.3, -0.25) is 4.79 Å². The summed E-state index contributed by atoms with van der Waals surface area (Å²) < 4.78 is 31.8. The Kier molecular flexibility index (Phi) is 18.1. The second kappa shape index (κ2) is 22.0. The monoisotopic (exact) mass is 921 g/mol. The molecule has 0 aliphatic carbocycles. The van der Waals surface area contributed by atoms with Gasteiger partial charge in [0.05, 0.1) is 55.3 Å². The molecular formula is C38H47N7O8S6. The summed E-state index contributed by atoms with van der Waals surface area (Å²) in [4.78, 5) is 38.4.